The quantitative estimate of drug-likeness (QED) is 0.698. The maximum Gasteiger partial charge on any atom is 0.0702 e. The molecule has 1 heterocycles. The summed E-state index contributed by atoms with van der Waals surface area (Å²) < 4.78 is 5.71. The molecule has 1 rings (SSSR count). The second-order valence-corrected chi connectivity index (χ2v) is 4.49. The van der Waals surface area contributed by atoms with Gasteiger partial charge < -0.3 is 4.74 Å². The van der Waals surface area contributed by atoms with Crippen molar-refractivity contribution in [1.82, 2.24) is 4.90 Å². The summed E-state index contributed by atoms with van der Waals surface area (Å²) in [5, 5.41) is 8.59. The molecule has 0 aromatic rings. The average Bonchev–Trinajstić information content (AvgIpc) is 2.25. The fourth-order valence-electron chi connectivity index (χ4n) is 1.97. The van der Waals surface area contributed by atoms with E-state index in [1.54, 1.807) is 0 Å². The lowest BCUT2D eigenvalue weighted by molar-refractivity contribution is -0.0107. The number of nitriles is 1. The highest BCUT2D eigenvalue weighted by Gasteiger charge is 2.19. The van der Waals surface area contributed by atoms with E-state index in [1.807, 2.05) is 0 Å². The van der Waals surface area contributed by atoms with E-state index in [9.17, 15) is 0 Å². The Hall–Kier alpha value is -0.590. The van der Waals surface area contributed by atoms with Crippen molar-refractivity contribution in [3.05, 3.63) is 0 Å². The highest BCUT2D eigenvalue weighted by Crippen LogP contribution is 2.15. The van der Waals surface area contributed by atoms with Crippen molar-refractivity contribution in [2.45, 2.75) is 51.7 Å². The standard InChI is InChI=1S/C12H22N2O/c1-11(2)14(8-5-7-13)10-12-6-3-4-9-15-12/h11-12H,3-6,8-10H2,1-2H3. The van der Waals surface area contributed by atoms with Crippen LogP contribution in [0.4, 0.5) is 0 Å². The Morgan fingerprint density at radius 3 is 2.80 bits per heavy atom. The van der Waals surface area contributed by atoms with E-state index in [0.717, 1.165) is 19.7 Å². The molecule has 1 aliphatic heterocycles. The van der Waals surface area contributed by atoms with E-state index in [4.69, 9.17) is 10.00 Å². The van der Waals surface area contributed by atoms with E-state index in [0.29, 0.717) is 18.6 Å². The molecule has 3 nitrogen and oxygen atoms in total. The molecule has 86 valence electrons. The molecule has 0 spiro atoms. The van der Waals surface area contributed by atoms with Crippen LogP contribution < -0.4 is 0 Å². The van der Waals surface area contributed by atoms with Gasteiger partial charge in [0.05, 0.1) is 12.2 Å². The maximum atomic E-state index is 8.59. The summed E-state index contributed by atoms with van der Waals surface area (Å²) in [6.45, 7) is 7.13. The van der Waals surface area contributed by atoms with Gasteiger partial charge in [0.15, 0.2) is 0 Å². The van der Waals surface area contributed by atoms with Gasteiger partial charge in [-0.1, -0.05) is 0 Å². The van der Waals surface area contributed by atoms with E-state index in [-0.39, 0.29) is 0 Å². The van der Waals surface area contributed by atoms with Crippen LogP contribution >= 0.6 is 0 Å². The van der Waals surface area contributed by atoms with Crippen molar-refractivity contribution >= 4 is 0 Å². The monoisotopic (exact) mass is 210 g/mol. The SMILES string of the molecule is CC(C)N(CCC#N)CC1CCCCO1. The third-order valence-corrected chi connectivity index (χ3v) is 2.95. The molecule has 0 bridgehead atoms. The van der Waals surface area contributed by atoms with Crippen molar-refractivity contribution < 1.29 is 4.74 Å². The third-order valence-electron chi connectivity index (χ3n) is 2.95. The van der Waals surface area contributed by atoms with Crippen LogP contribution in [-0.2, 0) is 4.74 Å². The fourth-order valence-corrected chi connectivity index (χ4v) is 1.97. The summed E-state index contributed by atoms with van der Waals surface area (Å²) in [5.74, 6) is 0. The first kappa shape index (κ1) is 12.5. The van der Waals surface area contributed by atoms with Gasteiger partial charge in [0.1, 0.15) is 0 Å². The van der Waals surface area contributed by atoms with Crippen LogP contribution in [0, 0.1) is 11.3 Å². The molecular weight excluding hydrogens is 188 g/mol. The predicted molar refractivity (Wildman–Crippen MR) is 60.5 cm³/mol. The summed E-state index contributed by atoms with van der Waals surface area (Å²) in [4.78, 5) is 2.35. The minimum Gasteiger partial charge on any atom is -0.377 e. The van der Waals surface area contributed by atoms with Crippen LogP contribution in [0.2, 0.25) is 0 Å². The van der Waals surface area contributed by atoms with Crippen molar-refractivity contribution in [1.29, 1.82) is 5.26 Å². The van der Waals surface area contributed by atoms with E-state index < -0.39 is 0 Å². The largest absolute Gasteiger partial charge is 0.377 e. The summed E-state index contributed by atoms with van der Waals surface area (Å²) >= 11 is 0. The van der Waals surface area contributed by atoms with Crippen LogP contribution in [0.3, 0.4) is 0 Å². The molecule has 0 saturated carbocycles. The van der Waals surface area contributed by atoms with Gasteiger partial charge in [-0.2, -0.15) is 5.26 Å². The number of hydrogen-bond donors (Lipinski definition) is 0. The third kappa shape index (κ3) is 4.63. The molecule has 1 saturated heterocycles. The number of nitrogens with zero attached hydrogens (tertiary/aromatic N) is 2. The number of rotatable bonds is 5. The molecule has 0 radical (unpaired) electrons. The summed E-state index contributed by atoms with van der Waals surface area (Å²) in [6.07, 6.45) is 4.67. The zero-order chi connectivity index (χ0) is 11.1. The summed E-state index contributed by atoms with van der Waals surface area (Å²) in [5.41, 5.74) is 0. The van der Waals surface area contributed by atoms with Gasteiger partial charge >= 0.3 is 0 Å². The van der Waals surface area contributed by atoms with Gasteiger partial charge in [0.2, 0.25) is 0 Å². The molecule has 0 aromatic heterocycles. The smallest absolute Gasteiger partial charge is 0.0702 e. The van der Waals surface area contributed by atoms with E-state index in [2.05, 4.69) is 24.8 Å². The molecular formula is C12H22N2O. The van der Waals surface area contributed by atoms with Gasteiger partial charge in [0.25, 0.3) is 0 Å². The second-order valence-electron chi connectivity index (χ2n) is 4.49. The molecule has 0 aromatic carbocycles. The van der Waals surface area contributed by atoms with Crippen LogP contribution in [0.5, 0.6) is 0 Å². The Morgan fingerprint density at radius 1 is 1.47 bits per heavy atom. The molecule has 1 atom stereocenters. The maximum absolute atomic E-state index is 8.59. The zero-order valence-electron chi connectivity index (χ0n) is 9.91. The van der Waals surface area contributed by atoms with Crippen LogP contribution in [0.1, 0.15) is 39.5 Å². The Morgan fingerprint density at radius 2 is 2.27 bits per heavy atom. The number of hydrogen-bond acceptors (Lipinski definition) is 3. The van der Waals surface area contributed by atoms with Crippen molar-refractivity contribution in [2.24, 2.45) is 0 Å². The molecule has 3 heteroatoms. The van der Waals surface area contributed by atoms with Crippen LogP contribution in [0.25, 0.3) is 0 Å². The lowest BCUT2D eigenvalue weighted by Crippen LogP contribution is -2.40. The summed E-state index contributed by atoms with van der Waals surface area (Å²) in [6, 6.07) is 2.71. The minimum absolute atomic E-state index is 0.389. The number of ether oxygens (including phenoxy) is 1. The lowest BCUT2D eigenvalue weighted by Gasteiger charge is -2.31. The van der Waals surface area contributed by atoms with Crippen molar-refractivity contribution in [3.8, 4) is 6.07 Å². The first-order valence-corrected chi connectivity index (χ1v) is 5.96. The van der Waals surface area contributed by atoms with Gasteiger partial charge in [-0.25, -0.2) is 0 Å². The molecule has 1 unspecified atom stereocenters. The molecule has 1 aliphatic rings. The first-order valence-electron chi connectivity index (χ1n) is 5.96. The van der Waals surface area contributed by atoms with Crippen LogP contribution in [0.15, 0.2) is 0 Å². The van der Waals surface area contributed by atoms with E-state index >= 15 is 0 Å². The van der Waals surface area contributed by atoms with Gasteiger partial charge in [-0.3, -0.25) is 4.90 Å². The minimum atomic E-state index is 0.389. The van der Waals surface area contributed by atoms with Gasteiger partial charge in [-0.15, -0.1) is 0 Å². The predicted octanol–water partition coefficient (Wildman–Crippen LogP) is 2.18. The van der Waals surface area contributed by atoms with Crippen molar-refractivity contribution in [2.75, 3.05) is 19.7 Å². The average molecular weight is 210 g/mol. The Bertz CT molecular complexity index is 204. The van der Waals surface area contributed by atoms with Crippen LogP contribution in [-0.4, -0.2) is 36.7 Å². The highest BCUT2D eigenvalue weighted by atomic mass is 16.5. The van der Waals surface area contributed by atoms with Crippen molar-refractivity contribution in [3.63, 3.8) is 0 Å². The topological polar surface area (TPSA) is 36.3 Å². The Labute approximate surface area is 93.0 Å². The second kappa shape index (κ2) is 6.81. The fraction of sp³-hybridized carbons (Fsp3) is 0.917. The highest BCUT2D eigenvalue weighted by molar-refractivity contribution is 4.77. The zero-order valence-corrected chi connectivity index (χ0v) is 9.91. The Balaban J connectivity index is 2.32. The normalized spacial score (nSPS) is 21.9. The molecule has 0 amide bonds. The molecule has 1 fully saturated rings. The van der Waals surface area contributed by atoms with Gasteiger partial charge in [0, 0.05) is 32.2 Å². The lowest BCUT2D eigenvalue weighted by atomic mass is 10.1. The van der Waals surface area contributed by atoms with E-state index in [1.165, 1.54) is 19.3 Å². The Kier molecular flexibility index (Phi) is 5.67. The summed E-state index contributed by atoms with van der Waals surface area (Å²) in [7, 11) is 0. The molecule has 15 heavy (non-hydrogen) atoms. The molecule has 0 N–H and O–H groups in total. The molecule has 0 aliphatic carbocycles. The van der Waals surface area contributed by atoms with Gasteiger partial charge in [-0.05, 0) is 33.1 Å². The first-order chi connectivity index (χ1) is 7.24.